The number of benzene rings is 1. The number of ether oxygens (including phenoxy) is 3. The molecule has 1 aliphatic rings. The van der Waals surface area contributed by atoms with E-state index in [1.165, 1.54) is 7.11 Å². The number of methoxy groups -OCH3 is 1. The standard InChI is InChI=1S/C19H28N2O5/c1-19(2,3)26-18(23)21-11-9-14(10-12-21)20-15-7-5-6-8-16(15)25-13-17(22)24-4/h5-8,14,20H,9-13H2,1-4H3. The van der Waals surface area contributed by atoms with E-state index in [4.69, 9.17) is 9.47 Å². The lowest BCUT2D eigenvalue weighted by atomic mass is 10.0. The zero-order valence-electron chi connectivity index (χ0n) is 15.9. The smallest absolute Gasteiger partial charge is 0.410 e. The number of rotatable bonds is 5. The SMILES string of the molecule is COC(=O)COc1ccccc1NC1CCN(C(=O)OC(C)(C)C)CC1. The summed E-state index contributed by atoms with van der Waals surface area (Å²) >= 11 is 0. The van der Waals surface area contributed by atoms with Gasteiger partial charge in [0.25, 0.3) is 0 Å². The lowest BCUT2D eigenvalue weighted by Crippen LogP contribution is -2.44. The molecule has 1 heterocycles. The zero-order valence-corrected chi connectivity index (χ0v) is 15.9. The van der Waals surface area contributed by atoms with E-state index in [0.717, 1.165) is 18.5 Å². The van der Waals surface area contributed by atoms with Gasteiger partial charge in [-0.15, -0.1) is 0 Å². The van der Waals surface area contributed by atoms with E-state index in [1.807, 2.05) is 39.0 Å². The van der Waals surface area contributed by atoms with Crippen molar-refractivity contribution in [2.75, 3.05) is 32.1 Å². The van der Waals surface area contributed by atoms with Crippen LogP contribution in [-0.2, 0) is 14.3 Å². The summed E-state index contributed by atoms with van der Waals surface area (Å²) in [7, 11) is 1.33. The molecule has 0 spiro atoms. The summed E-state index contributed by atoms with van der Waals surface area (Å²) in [6.45, 7) is 6.74. The highest BCUT2D eigenvalue weighted by atomic mass is 16.6. The molecule has 1 fully saturated rings. The minimum Gasteiger partial charge on any atom is -0.480 e. The van der Waals surface area contributed by atoms with Crippen LogP contribution in [0.2, 0.25) is 0 Å². The molecule has 0 aromatic heterocycles. The van der Waals surface area contributed by atoms with Crippen molar-refractivity contribution < 1.29 is 23.8 Å². The summed E-state index contributed by atoms with van der Waals surface area (Å²) in [6, 6.07) is 7.69. The quantitative estimate of drug-likeness (QED) is 0.809. The molecule has 26 heavy (non-hydrogen) atoms. The van der Waals surface area contributed by atoms with Gasteiger partial charge in [0.1, 0.15) is 11.4 Å². The van der Waals surface area contributed by atoms with Crippen molar-refractivity contribution in [1.82, 2.24) is 4.90 Å². The highest BCUT2D eigenvalue weighted by molar-refractivity contribution is 5.71. The number of para-hydroxylation sites is 2. The van der Waals surface area contributed by atoms with Crippen molar-refractivity contribution in [3.05, 3.63) is 24.3 Å². The van der Waals surface area contributed by atoms with Gasteiger partial charge in [-0.05, 0) is 45.7 Å². The van der Waals surface area contributed by atoms with E-state index in [-0.39, 0.29) is 18.7 Å². The molecule has 7 nitrogen and oxygen atoms in total. The first-order valence-electron chi connectivity index (χ1n) is 8.81. The molecule has 2 rings (SSSR count). The molecule has 7 heteroatoms. The molecule has 0 bridgehead atoms. The summed E-state index contributed by atoms with van der Waals surface area (Å²) < 4.78 is 15.5. The van der Waals surface area contributed by atoms with Crippen LogP contribution in [0.5, 0.6) is 5.75 Å². The predicted molar refractivity (Wildman–Crippen MR) is 98.4 cm³/mol. The Hall–Kier alpha value is -2.44. The number of nitrogens with zero attached hydrogens (tertiary/aromatic N) is 1. The second-order valence-corrected chi connectivity index (χ2v) is 7.25. The van der Waals surface area contributed by atoms with Gasteiger partial charge in [0.05, 0.1) is 12.8 Å². The molecular weight excluding hydrogens is 336 g/mol. The first-order chi connectivity index (χ1) is 12.3. The van der Waals surface area contributed by atoms with Gasteiger partial charge in [-0.3, -0.25) is 0 Å². The van der Waals surface area contributed by atoms with E-state index in [0.29, 0.717) is 18.8 Å². The highest BCUT2D eigenvalue weighted by Gasteiger charge is 2.27. The van der Waals surface area contributed by atoms with Crippen LogP contribution in [0.4, 0.5) is 10.5 Å². The second kappa shape index (κ2) is 8.78. The number of esters is 1. The van der Waals surface area contributed by atoms with Crippen LogP contribution < -0.4 is 10.1 Å². The van der Waals surface area contributed by atoms with Crippen LogP contribution in [-0.4, -0.2) is 55.4 Å². The van der Waals surface area contributed by atoms with E-state index < -0.39 is 11.6 Å². The van der Waals surface area contributed by atoms with Crippen LogP contribution in [0.1, 0.15) is 33.6 Å². The lowest BCUT2D eigenvalue weighted by molar-refractivity contribution is -0.142. The Morgan fingerprint density at radius 1 is 1.19 bits per heavy atom. The van der Waals surface area contributed by atoms with Gasteiger partial charge in [-0.2, -0.15) is 0 Å². The minimum atomic E-state index is -0.484. The molecule has 1 N–H and O–H groups in total. The molecule has 0 unspecified atom stereocenters. The molecular formula is C19H28N2O5. The second-order valence-electron chi connectivity index (χ2n) is 7.25. The Balaban J connectivity index is 1.88. The third-order valence-electron chi connectivity index (χ3n) is 3.97. The van der Waals surface area contributed by atoms with Crippen LogP contribution in [0, 0.1) is 0 Å². The van der Waals surface area contributed by atoms with Gasteiger partial charge >= 0.3 is 12.1 Å². The summed E-state index contributed by atoms with van der Waals surface area (Å²) in [5.41, 5.74) is 0.342. The first-order valence-corrected chi connectivity index (χ1v) is 8.81. The van der Waals surface area contributed by atoms with E-state index in [2.05, 4.69) is 10.1 Å². The molecule has 0 aliphatic carbocycles. The van der Waals surface area contributed by atoms with Gasteiger partial charge in [-0.1, -0.05) is 12.1 Å². The molecule has 1 aromatic rings. The average Bonchev–Trinajstić information content (AvgIpc) is 2.59. The molecule has 0 saturated carbocycles. The third kappa shape index (κ3) is 6.13. The number of carbonyl (C=O) groups excluding carboxylic acids is 2. The Morgan fingerprint density at radius 3 is 2.46 bits per heavy atom. The first kappa shape index (κ1) is 19.9. The summed E-state index contributed by atoms with van der Waals surface area (Å²) in [4.78, 5) is 25.1. The number of carbonyl (C=O) groups is 2. The molecule has 1 amide bonds. The minimum absolute atomic E-state index is 0.133. The fourth-order valence-electron chi connectivity index (χ4n) is 2.66. The van der Waals surface area contributed by atoms with E-state index in [1.54, 1.807) is 11.0 Å². The fourth-order valence-corrected chi connectivity index (χ4v) is 2.66. The van der Waals surface area contributed by atoms with E-state index >= 15 is 0 Å². The zero-order chi connectivity index (χ0) is 19.2. The van der Waals surface area contributed by atoms with Crippen molar-refractivity contribution in [2.24, 2.45) is 0 Å². The van der Waals surface area contributed by atoms with Gasteiger partial charge in [-0.25, -0.2) is 9.59 Å². The topological polar surface area (TPSA) is 77.1 Å². The van der Waals surface area contributed by atoms with Gasteiger partial charge in [0, 0.05) is 19.1 Å². The number of nitrogens with one attached hydrogen (secondary N) is 1. The third-order valence-corrected chi connectivity index (χ3v) is 3.97. The molecule has 0 radical (unpaired) electrons. The van der Waals surface area contributed by atoms with Crippen molar-refractivity contribution in [3.63, 3.8) is 0 Å². The van der Waals surface area contributed by atoms with Crippen LogP contribution in [0.15, 0.2) is 24.3 Å². The summed E-state index contributed by atoms with van der Waals surface area (Å²) in [5.74, 6) is 0.179. The molecule has 1 aliphatic heterocycles. The molecule has 0 atom stereocenters. The monoisotopic (exact) mass is 364 g/mol. The van der Waals surface area contributed by atoms with Gasteiger partial charge < -0.3 is 24.4 Å². The predicted octanol–water partition coefficient (Wildman–Crippen LogP) is 3.05. The van der Waals surface area contributed by atoms with Crippen LogP contribution >= 0.6 is 0 Å². The van der Waals surface area contributed by atoms with E-state index in [9.17, 15) is 9.59 Å². The maximum absolute atomic E-state index is 12.1. The number of amides is 1. The average molecular weight is 364 g/mol. The molecule has 144 valence electrons. The Morgan fingerprint density at radius 2 is 1.85 bits per heavy atom. The molecule has 1 aromatic carbocycles. The van der Waals surface area contributed by atoms with Crippen LogP contribution in [0.25, 0.3) is 0 Å². The van der Waals surface area contributed by atoms with Crippen molar-refractivity contribution in [2.45, 2.75) is 45.3 Å². The largest absolute Gasteiger partial charge is 0.480 e. The van der Waals surface area contributed by atoms with Crippen molar-refractivity contribution in [3.8, 4) is 5.75 Å². The number of hydrogen-bond acceptors (Lipinski definition) is 6. The Bertz CT molecular complexity index is 619. The summed E-state index contributed by atoms with van der Waals surface area (Å²) in [6.07, 6.45) is 1.35. The normalized spacial score (nSPS) is 15.3. The van der Waals surface area contributed by atoms with Crippen molar-refractivity contribution in [1.29, 1.82) is 0 Å². The van der Waals surface area contributed by atoms with Crippen LogP contribution in [0.3, 0.4) is 0 Å². The van der Waals surface area contributed by atoms with Crippen molar-refractivity contribution >= 4 is 17.7 Å². The molecule has 1 saturated heterocycles. The maximum Gasteiger partial charge on any atom is 0.410 e. The Kier molecular flexibility index (Phi) is 6.71. The van der Waals surface area contributed by atoms with Gasteiger partial charge in [0.15, 0.2) is 6.61 Å². The van der Waals surface area contributed by atoms with Gasteiger partial charge in [0.2, 0.25) is 0 Å². The number of hydrogen-bond donors (Lipinski definition) is 1. The fraction of sp³-hybridized carbons (Fsp3) is 0.579. The highest BCUT2D eigenvalue weighted by Crippen LogP contribution is 2.27. The number of likely N-dealkylation sites (tertiary alicyclic amines) is 1. The maximum atomic E-state index is 12.1. The number of piperidine rings is 1. The Labute approximate surface area is 154 Å². The lowest BCUT2D eigenvalue weighted by Gasteiger charge is -2.34. The summed E-state index contributed by atoms with van der Waals surface area (Å²) in [5, 5.41) is 3.44. The number of anilines is 1.